The number of aryl methyl sites for hydroxylation is 1. The SMILES string of the molecule is CCc1ccc(C(=O)OC[C@H]2O[C@@H](n3cc(F)c(N)nc3=O)[C@H](O)[C@@H]2O)cc1. The molecule has 1 aromatic carbocycles. The molecule has 0 radical (unpaired) electrons. The zero-order chi connectivity index (χ0) is 20.4. The summed E-state index contributed by atoms with van der Waals surface area (Å²) in [6.07, 6.45) is -3.99. The number of aliphatic hydroxyl groups excluding tert-OH is 2. The van der Waals surface area contributed by atoms with E-state index >= 15 is 0 Å². The van der Waals surface area contributed by atoms with Gasteiger partial charge in [0.15, 0.2) is 17.9 Å². The van der Waals surface area contributed by atoms with E-state index in [1.54, 1.807) is 24.3 Å². The Kier molecular flexibility index (Phi) is 5.73. The quantitative estimate of drug-likeness (QED) is 0.604. The fourth-order valence-corrected chi connectivity index (χ4v) is 2.85. The van der Waals surface area contributed by atoms with E-state index in [4.69, 9.17) is 15.2 Å². The molecule has 0 amide bonds. The maximum absolute atomic E-state index is 13.6. The van der Waals surface area contributed by atoms with Crippen LogP contribution in [0.15, 0.2) is 35.3 Å². The highest BCUT2D eigenvalue weighted by molar-refractivity contribution is 5.89. The number of aromatic nitrogens is 2. The number of hydrogen-bond acceptors (Lipinski definition) is 8. The normalized spacial score (nSPS) is 24.3. The van der Waals surface area contributed by atoms with Gasteiger partial charge in [0.1, 0.15) is 24.9 Å². The Bertz CT molecular complexity index is 917. The molecule has 0 aliphatic carbocycles. The molecule has 28 heavy (non-hydrogen) atoms. The highest BCUT2D eigenvalue weighted by atomic mass is 19.1. The lowest BCUT2D eigenvalue weighted by Gasteiger charge is -2.17. The van der Waals surface area contributed by atoms with Crippen LogP contribution in [-0.2, 0) is 15.9 Å². The van der Waals surface area contributed by atoms with Crippen LogP contribution in [0.2, 0.25) is 0 Å². The number of halogens is 1. The fourth-order valence-electron chi connectivity index (χ4n) is 2.85. The van der Waals surface area contributed by atoms with Crippen LogP contribution in [0.4, 0.5) is 10.2 Å². The van der Waals surface area contributed by atoms with Gasteiger partial charge in [0.2, 0.25) is 0 Å². The van der Waals surface area contributed by atoms with Gasteiger partial charge in [-0.25, -0.2) is 14.0 Å². The molecule has 1 fully saturated rings. The van der Waals surface area contributed by atoms with E-state index in [0.29, 0.717) is 10.1 Å². The van der Waals surface area contributed by atoms with Crippen LogP contribution in [0.25, 0.3) is 0 Å². The molecule has 3 rings (SSSR count). The summed E-state index contributed by atoms with van der Waals surface area (Å²) in [5, 5.41) is 20.3. The maximum Gasteiger partial charge on any atom is 0.351 e. The standard InChI is InChI=1S/C18H20FN3O6/c1-2-9-3-5-10(6-4-9)17(25)27-8-12-13(23)14(24)16(28-12)22-7-11(19)15(20)21-18(22)26/h3-7,12-14,16,23-24H,2,8H2,1H3,(H2,20,21,26)/t12-,13-,14-,16-/m1/s1. The summed E-state index contributed by atoms with van der Waals surface area (Å²) in [6, 6.07) is 6.83. The van der Waals surface area contributed by atoms with Crippen molar-refractivity contribution in [3.8, 4) is 0 Å². The van der Waals surface area contributed by atoms with Crippen molar-refractivity contribution in [2.45, 2.75) is 37.9 Å². The molecule has 0 unspecified atom stereocenters. The molecule has 4 N–H and O–H groups in total. The van der Waals surface area contributed by atoms with E-state index in [9.17, 15) is 24.2 Å². The number of carbonyl (C=O) groups is 1. The third-order valence-electron chi connectivity index (χ3n) is 4.52. The van der Waals surface area contributed by atoms with Crippen molar-refractivity contribution in [3.63, 3.8) is 0 Å². The highest BCUT2D eigenvalue weighted by Gasteiger charge is 2.45. The second-order valence-corrected chi connectivity index (χ2v) is 6.36. The summed E-state index contributed by atoms with van der Waals surface area (Å²) >= 11 is 0. The maximum atomic E-state index is 13.6. The zero-order valence-electron chi connectivity index (χ0n) is 15.0. The first kappa shape index (κ1) is 19.9. The number of rotatable bonds is 5. The van der Waals surface area contributed by atoms with E-state index in [-0.39, 0.29) is 6.61 Å². The average Bonchev–Trinajstić information content (AvgIpc) is 2.97. The molecule has 1 aliphatic rings. The van der Waals surface area contributed by atoms with Gasteiger partial charge in [-0.2, -0.15) is 4.98 Å². The Hall–Kier alpha value is -2.82. The van der Waals surface area contributed by atoms with Crippen LogP contribution >= 0.6 is 0 Å². The number of nitrogens with two attached hydrogens (primary N) is 1. The van der Waals surface area contributed by atoms with Gasteiger partial charge in [-0.1, -0.05) is 19.1 Å². The lowest BCUT2D eigenvalue weighted by Crippen LogP contribution is -2.36. The summed E-state index contributed by atoms with van der Waals surface area (Å²) in [6.45, 7) is 1.62. The first-order valence-electron chi connectivity index (χ1n) is 8.63. The molecular weight excluding hydrogens is 373 g/mol. The molecule has 0 saturated carbocycles. The summed E-state index contributed by atoms with van der Waals surface area (Å²) in [4.78, 5) is 27.3. The number of nitrogens with zero attached hydrogens (tertiary/aromatic N) is 2. The summed E-state index contributed by atoms with van der Waals surface area (Å²) in [5.74, 6) is -2.20. The molecule has 0 bridgehead atoms. The Labute approximate surface area is 159 Å². The Morgan fingerprint density at radius 3 is 2.64 bits per heavy atom. The molecule has 10 heteroatoms. The number of benzene rings is 1. The van der Waals surface area contributed by atoms with Crippen LogP contribution in [0.1, 0.15) is 29.1 Å². The van der Waals surface area contributed by atoms with Gasteiger partial charge in [-0.05, 0) is 24.1 Å². The molecule has 150 valence electrons. The van der Waals surface area contributed by atoms with E-state index in [2.05, 4.69) is 4.98 Å². The topological polar surface area (TPSA) is 137 Å². The van der Waals surface area contributed by atoms with Crippen molar-refractivity contribution in [2.24, 2.45) is 0 Å². The van der Waals surface area contributed by atoms with Crippen LogP contribution in [0.5, 0.6) is 0 Å². The molecule has 1 aliphatic heterocycles. The smallest absolute Gasteiger partial charge is 0.351 e. The fraction of sp³-hybridized carbons (Fsp3) is 0.389. The number of nitrogen functional groups attached to an aromatic ring is 1. The van der Waals surface area contributed by atoms with Crippen molar-refractivity contribution in [1.29, 1.82) is 0 Å². The van der Waals surface area contributed by atoms with Crippen molar-refractivity contribution in [3.05, 3.63) is 57.9 Å². The largest absolute Gasteiger partial charge is 0.459 e. The number of anilines is 1. The van der Waals surface area contributed by atoms with Gasteiger partial charge in [-0.3, -0.25) is 4.57 Å². The predicted molar refractivity (Wildman–Crippen MR) is 94.9 cm³/mol. The van der Waals surface area contributed by atoms with Gasteiger partial charge in [0.25, 0.3) is 0 Å². The van der Waals surface area contributed by atoms with Gasteiger partial charge in [0, 0.05) is 0 Å². The molecule has 2 aromatic rings. The second kappa shape index (κ2) is 8.05. The minimum Gasteiger partial charge on any atom is -0.459 e. The van der Waals surface area contributed by atoms with Gasteiger partial charge >= 0.3 is 11.7 Å². The summed E-state index contributed by atoms with van der Waals surface area (Å²) in [5.41, 5.74) is 5.65. The molecule has 0 spiro atoms. The molecular formula is C18H20FN3O6. The molecule has 1 aromatic heterocycles. The number of ether oxygens (including phenoxy) is 2. The number of esters is 1. The van der Waals surface area contributed by atoms with Crippen molar-refractivity contribution in [1.82, 2.24) is 9.55 Å². The third kappa shape index (κ3) is 3.88. The lowest BCUT2D eigenvalue weighted by atomic mass is 10.1. The number of hydrogen-bond donors (Lipinski definition) is 3. The van der Waals surface area contributed by atoms with Crippen LogP contribution in [0, 0.1) is 5.82 Å². The molecule has 4 atom stereocenters. The summed E-state index contributed by atoms with van der Waals surface area (Å²) in [7, 11) is 0. The monoisotopic (exact) mass is 393 g/mol. The van der Waals surface area contributed by atoms with E-state index in [0.717, 1.165) is 18.2 Å². The minimum absolute atomic E-state index is 0.322. The Balaban J connectivity index is 1.68. The summed E-state index contributed by atoms with van der Waals surface area (Å²) < 4.78 is 24.8. The average molecular weight is 393 g/mol. The van der Waals surface area contributed by atoms with Gasteiger partial charge in [-0.15, -0.1) is 0 Å². The number of carbonyl (C=O) groups excluding carboxylic acids is 1. The lowest BCUT2D eigenvalue weighted by molar-refractivity contribution is -0.0601. The Morgan fingerprint density at radius 1 is 1.32 bits per heavy atom. The van der Waals surface area contributed by atoms with Crippen molar-refractivity contribution < 1.29 is 28.9 Å². The Morgan fingerprint density at radius 2 is 2.00 bits per heavy atom. The van der Waals surface area contributed by atoms with Crippen molar-refractivity contribution in [2.75, 3.05) is 12.3 Å². The first-order chi connectivity index (χ1) is 13.3. The van der Waals surface area contributed by atoms with Crippen LogP contribution < -0.4 is 11.4 Å². The molecule has 2 heterocycles. The molecule has 1 saturated heterocycles. The van der Waals surface area contributed by atoms with Gasteiger partial charge < -0.3 is 25.4 Å². The number of aliphatic hydroxyl groups is 2. The predicted octanol–water partition coefficient (Wildman–Crippen LogP) is 0.00320. The van der Waals surface area contributed by atoms with Gasteiger partial charge in [0.05, 0.1) is 11.8 Å². The minimum atomic E-state index is -1.56. The first-order valence-corrected chi connectivity index (χ1v) is 8.63. The highest BCUT2D eigenvalue weighted by Crippen LogP contribution is 2.29. The van der Waals surface area contributed by atoms with Crippen LogP contribution in [0.3, 0.4) is 0 Å². The zero-order valence-corrected chi connectivity index (χ0v) is 15.0. The van der Waals surface area contributed by atoms with Crippen molar-refractivity contribution >= 4 is 11.8 Å². The second-order valence-electron chi connectivity index (χ2n) is 6.36. The third-order valence-corrected chi connectivity index (χ3v) is 4.52. The van der Waals surface area contributed by atoms with E-state index in [1.165, 1.54) is 0 Å². The van der Waals surface area contributed by atoms with E-state index in [1.807, 2.05) is 6.92 Å². The van der Waals surface area contributed by atoms with Crippen LogP contribution in [-0.4, -0.2) is 50.7 Å². The molecule has 9 nitrogen and oxygen atoms in total. The van der Waals surface area contributed by atoms with E-state index < -0.39 is 47.8 Å².